The number of nitrogen functional groups attached to an aromatic ring is 1. The van der Waals surface area contributed by atoms with Gasteiger partial charge in [0, 0.05) is 34.2 Å². The second-order valence-corrected chi connectivity index (χ2v) is 6.70. The average molecular weight is 371 g/mol. The van der Waals surface area contributed by atoms with Crippen molar-refractivity contribution in [3.63, 3.8) is 0 Å². The molecule has 4 rings (SSSR count). The molecule has 0 radical (unpaired) electrons. The molecule has 0 aliphatic heterocycles. The highest BCUT2D eigenvalue weighted by Gasteiger charge is 2.07. The molecule has 0 unspecified atom stereocenters. The van der Waals surface area contributed by atoms with Gasteiger partial charge in [-0.05, 0) is 61.9 Å². The van der Waals surface area contributed by atoms with Crippen LogP contribution in [0.5, 0.6) is 5.75 Å². The molecule has 0 atom stereocenters. The molecule has 28 heavy (non-hydrogen) atoms. The van der Waals surface area contributed by atoms with E-state index in [9.17, 15) is 0 Å². The fourth-order valence-electron chi connectivity index (χ4n) is 2.94. The molecule has 0 saturated carbocycles. The highest BCUT2D eigenvalue weighted by Crippen LogP contribution is 2.28. The lowest BCUT2D eigenvalue weighted by Crippen LogP contribution is -2.00. The molecule has 2 heterocycles. The van der Waals surface area contributed by atoms with Crippen molar-refractivity contribution in [2.24, 2.45) is 0 Å². The lowest BCUT2D eigenvalue weighted by atomic mass is 10.1. The standard InChI is InChI=1S/C22H21N5O/c1-14-9-18(6-8-21(14)28-12-16-4-3-15(2)24-11-16)27-22-19-10-17(23)5-7-20(19)25-13-26-22/h3-11,13H,12,23H2,1-2H3,(H,25,26,27). The summed E-state index contributed by atoms with van der Waals surface area (Å²) >= 11 is 0. The number of hydrogen-bond donors (Lipinski definition) is 2. The van der Waals surface area contributed by atoms with E-state index in [2.05, 4.69) is 20.3 Å². The summed E-state index contributed by atoms with van der Waals surface area (Å²) in [6.07, 6.45) is 3.38. The van der Waals surface area contributed by atoms with Crippen molar-refractivity contribution in [2.75, 3.05) is 11.1 Å². The molecule has 2 aromatic carbocycles. The van der Waals surface area contributed by atoms with Crippen molar-refractivity contribution in [1.82, 2.24) is 15.0 Å². The zero-order chi connectivity index (χ0) is 19.5. The summed E-state index contributed by atoms with van der Waals surface area (Å²) < 4.78 is 5.94. The van der Waals surface area contributed by atoms with Gasteiger partial charge in [0.05, 0.1) is 5.52 Å². The monoisotopic (exact) mass is 371 g/mol. The molecular weight excluding hydrogens is 350 g/mol. The molecule has 0 spiro atoms. The first-order valence-corrected chi connectivity index (χ1v) is 9.01. The Bertz CT molecular complexity index is 1130. The van der Waals surface area contributed by atoms with Gasteiger partial charge in [-0.1, -0.05) is 6.07 Å². The number of aryl methyl sites for hydroxylation is 2. The number of pyridine rings is 1. The number of nitrogens with two attached hydrogens (primary N) is 1. The lowest BCUT2D eigenvalue weighted by Gasteiger charge is -2.13. The van der Waals surface area contributed by atoms with E-state index in [1.54, 1.807) is 6.33 Å². The number of benzene rings is 2. The van der Waals surface area contributed by atoms with Crippen LogP contribution < -0.4 is 15.8 Å². The molecular formula is C22H21N5O. The maximum absolute atomic E-state index is 5.94. The van der Waals surface area contributed by atoms with Crippen LogP contribution >= 0.6 is 0 Å². The SMILES string of the molecule is Cc1ccc(COc2ccc(Nc3ncnc4ccc(N)cc34)cc2C)cn1. The molecule has 0 fully saturated rings. The predicted octanol–water partition coefficient (Wildman–Crippen LogP) is 4.55. The summed E-state index contributed by atoms with van der Waals surface area (Å²) in [4.78, 5) is 12.9. The molecule has 140 valence electrons. The number of aromatic nitrogens is 3. The van der Waals surface area contributed by atoms with E-state index in [0.29, 0.717) is 12.3 Å². The summed E-state index contributed by atoms with van der Waals surface area (Å²) in [5.74, 6) is 1.55. The third-order valence-electron chi connectivity index (χ3n) is 4.46. The Labute approximate surface area is 163 Å². The van der Waals surface area contributed by atoms with Crippen LogP contribution in [0.3, 0.4) is 0 Å². The highest BCUT2D eigenvalue weighted by atomic mass is 16.5. The van der Waals surface area contributed by atoms with Gasteiger partial charge in [0.15, 0.2) is 0 Å². The van der Waals surface area contributed by atoms with Crippen LogP contribution in [0.25, 0.3) is 10.9 Å². The summed E-state index contributed by atoms with van der Waals surface area (Å²) in [6.45, 7) is 4.47. The third kappa shape index (κ3) is 3.86. The normalized spacial score (nSPS) is 10.8. The molecule has 6 heteroatoms. The summed E-state index contributed by atoms with van der Waals surface area (Å²) in [5, 5.41) is 4.23. The Balaban J connectivity index is 1.52. The molecule has 6 nitrogen and oxygen atoms in total. The minimum atomic E-state index is 0.483. The van der Waals surface area contributed by atoms with Gasteiger partial charge < -0.3 is 15.8 Å². The maximum atomic E-state index is 5.94. The van der Waals surface area contributed by atoms with Crippen molar-refractivity contribution in [2.45, 2.75) is 20.5 Å². The summed E-state index contributed by atoms with van der Waals surface area (Å²) in [7, 11) is 0. The van der Waals surface area contributed by atoms with Gasteiger partial charge in [-0.3, -0.25) is 4.98 Å². The minimum Gasteiger partial charge on any atom is -0.489 e. The Hall–Kier alpha value is -3.67. The van der Waals surface area contributed by atoms with Crippen LogP contribution in [0.4, 0.5) is 17.2 Å². The number of ether oxygens (including phenoxy) is 1. The van der Waals surface area contributed by atoms with Gasteiger partial charge in [0.25, 0.3) is 0 Å². The largest absolute Gasteiger partial charge is 0.489 e. The number of fused-ring (bicyclic) bond motifs is 1. The first-order valence-electron chi connectivity index (χ1n) is 9.01. The van der Waals surface area contributed by atoms with Crippen molar-refractivity contribution < 1.29 is 4.74 Å². The highest BCUT2D eigenvalue weighted by molar-refractivity contribution is 5.92. The summed E-state index contributed by atoms with van der Waals surface area (Å²) in [6, 6.07) is 15.6. The number of anilines is 3. The predicted molar refractivity (Wildman–Crippen MR) is 112 cm³/mol. The number of nitrogens with one attached hydrogen (secondary N) is 1. The van der Waals surface area contributed by atoms with Gasteiger partial charge >= 0.3 is 0 Å². The topological polar surface area (TPSA) is 86.0 Å². The number of nitrogens with zero attached hydrogens (tertiary/aromatic N) is 3. The second-order valence-electron chi connectivity index (χ2n) is 6.70. The van der Waals surface area contributed by atoms with E-state index in [1.165, 1.54) is 0 Å². The Kier molecular flexibility index (Phi) is 4.76. The average Bonchev–Trinajstić information content (AvgIpc) is 2.69. The zero-order valence-corrected chi connectivity index (χ0v) is 15.8. The second kappa shape index (κ2) is 7.52. The van der Waals surface area contributed by atoms with Gasteiger partial charge in [0.2, 0.25) is 0 Å². The van der Waals surface area contributed by atoms with Gasteiger partial charge in [0.1, 0.15) is 24.5 Å². The van der Waals surface area contributed by atoms with Crippen LogP contribution in [-0.4, -0.2) is 15.0 Å². The molecule has 0 amide bonds. The van der Waals surface area contributed by atoms with E-state index < -0.39 is 0 Å². The Morgan fingerprint density at radius 2 is 1.86 bits per heavy atom. The van der Waals surface area contributed by atoms with Gasteiger partial charge in [-0.25, -0.2) is 9.97 Å². The Morgan fingerprint density at radius 1 is 0.964 bits per heavy atom. The quantitative estimate of drug-likeness (QED) is 0.501. The maximum Gasteiger partial charge on any atom is 0.141 e. The van der Waals surface area contributed by atoms with Crippen molar-refractivity contribution >= 4 is 28.1 Å². The van der Waals surface area contributed by atoms with Crippen LogP contribution in [0, 0.1) is 13.8 Å². The fourth-order valence-corrected chi connectivity index (χ4v) is 2.94. The third-order valence-corrected chi connectivity index (χ3v) is 4.46. The smallest absolute Gasteiger partial charge is 0.141 e. The lowest BCUT2D eigenvalue weighted by molar-refractivity contribution is 0.303. The molecule has 0 aliphatic rings. The molecule has 0 bridgehead atoms. The van der Waals surface area contributed by atoms with Crippen LogP contribution in [0.15, 0.2) is 61.1 Å². The molecule has 2 aromatic heterocycles. The van der Waals surface area contributed by atoms with Crippen LogP contribution in [0.1, 0.15) is 16.8 Å². The number of rotatable bonds is 5. The van der Waals surface area contributed by atoms with E-state index in [1.807, 2.05) is 68.6 Å². The molecule has 3 N–H and O–H groups in total. The van der Waals surface area contributed by atoms with E-state index in [4.69, 9.17) is 10.5 Å². The van der Waals surface area contributed by atoms with Gasteiger partial charge in [-0.2, -0.15) is 0 Å². The van der Waals surface area contributed by atoms with E-state index in [-0.39, 0.29) is 0 Å². The first kappa shape index (κ1) is 17.7. The van der Waals surface area contributed by atoms with Gasteiger partial charge in [-0.15, -0.1) is 0 Å². The fraction of sp³-hybridized carbons (Fsp3) is 0.136. The minimum absolute atomic E-state index is 0.483. The number of hydrogen-bond acceptors (Lipinski definition) is 6. The van der Waals surface area contributed by atoms with Crippen molar-refractivity contribution in [3.8, 4) is 5.75 Å². The molecule has 4 aromatic rings. The molecule has 0 aliphatic carbocycles. The van der Waals surface area contributed by atoms with E-state index >= 15 is 0 Å². The first-order chi connectivity index (χ1) is 13.6. The summed E-state index contributed by atoms with van der Waals surface area (Å²) in [5.41, 5.74) is 11.4. The van der Waals surface area contributed by atoms with Crippen molar-refractivity contribution in [1.29, 1.82) is 0 Å². The van der Waals surface area contributed by atoms with Crippen LogP contribution in [-0.2, 0) is 6.61 Å². The van der Waals surface area contributed by atoms with Crippen molar-refractivity contribution in [3.05, 3.63) is 77.9 Å². The van der Waals surface area contributed by atoms with Crippen LogP contribution in [0.2, 0.25) is 0 Å². The molecule has 0 saturated heterocycles. The Morgan fingerprint density at radius 3 is 2.64 bits per heavy atom. The van der Waals surface area contributed by atoms with E-state index in [0.717, 1.165) is 45.0 Å². The zero-order valence-electron chi connectivity index (χ0n) is 15.8.